The fourth-order valence-electron chi connectivity index (χ4n) is 1.62. The van der Waals surface area contributed by atoms with Gasteiger partial charge >= 0.3 is 0 Å². The summed E-state index contributed by atoms with van der Waals surface area (Å²) in [4.78, 5) is 0. The predicted octanol–water partition coefficient (Wildman–Crippen LogP) is 4.34. The third-order valence-electron chi connectivity index (χ3n) is 2.51. The molecule has 0 fully saturated rings. The lowest BCUT2D eigenvalue weighted by molar-refractivity contribution is 0.588. The molecule has 0 aromatic heterocycles. The van der Waals surface area contributed by atoms with Gasteiger partial charge < -0.3 is 0 Å². The third-order valence-corrected chi connectivity index (χ3v) is 2.51. The molecule has 0 radical (unpaired) electrons. The number of hydrogen-bond acceptors (Lipinski definition) is 0. The van der Waals surface area contributed by atoms with Crippen LogP contribution < -0.4 is 0 Å². The molecular formula is C13H19F. The Balaban J connectivity index is 2.21. The van der Waals surface area contributed by atoms with Gasteiger partial charge in [0.2, 0.25) is 0 Å². The predicted molar refractivity (Wildman–Crippen MR) is 58.9 cm³/mol. The van der Waals surface area contributed by atoms with Crippen molar-refractivity contribution >= 4 is 0 Å². The van der Waals surface area contributed by atoms with Crippen molar-refractivity contribution in [1.29, 1.82) is 0 Å². The molecule has 1 rings (SSSR count). The SMILES string of the molecule is CCCCCCCc1ccccc1F. The fourth-order valence-corrected chi connectivity index (χ4v) is 1.62. The quantitative estimate of drug-likeness (QED) is 0.591. The summed E-state index contributed by atoms with van der Waals surface area (Å²) >= 11 is 0. The summed E-state index contributed by atoms with van der Waals surface area (Å²) in [6, 6.07) is 7.08. The zero-order chi connectivity index (χ0) is 10.2. The monoisotopic (exact) mass is 194 g/mol. The van der Waals surface area contributed by atoms with Gasteiger partial charge in [0.25, 0.3) is 0 Å². The van der Waals surface area contributed by atoms with Crippen LogP contribution in [0.15, 0.2) is 24.3 Å². The maximum absolute atomic E-state index is 13.2. The number of aryl methyl sites for hydroxylation is 1. The molecule has 1 aromatic carbocycles. The second kappa shape index (κ2) is 6.58. The summed E-state index contributed by atoms with van der Waals surface area (Å²) in [6.07, 6.45) is 7.07. The van der Waals surface area contributed by atoms with Crippen molar-refractivity contribution in [2.24, 2.45) is 0 Å². The van der Waals surface area contributed by atoms with Crippen molar-refractivity contribution < 1.29 is 4.39 Å². The lowest BCUT2D eigenvalue weighted by Gasteiger charge is -2.02. The normalized spacial score (nSPS) is 10.4. The highest BCUT2D eigenvalue weighted by atomic mass is 19.1. The van der Waals surface area contributed by atoms with Crippen molar-refractivity contribution in [2.45, 2.75) is 45.4 Å². The van der Waals surface area contributed by atoms with E-state index in [9.17, 15) is 4.39 Å². The second-order valence-electron chi connectivity index (χ2n) is 3.76. The van der Waals surface area contributed by atoms with Crippen molar-refractivity contribution in [3.63, 3.8) is 0 Å². The largest absolute Gasteiger partial charge is 0.207 e. The van der Waals surface area contributed by atoms with Crippen LogP contribution in [-0.4, -0.2) is 0 Å². The molecule has 0 aliphatic rings. The minimum Gasteiger partial charge on any atom is -0.207 e. The summed E-state index contributed by atoms with van der Waals surface area (Å²) in [7, 11) is 0. The van der Waals surface area contributed by atoms with E-state index in [0.717, 1.165) is 18.4 Å². The topological polar surface area (TPSA) is 0 Å². The van der Waals surface area contributed by atoms with Crippen LogP contribution in [0.4, 0.5) is 4.39 Å². The molecule has 78 valence electrons. The van der Waals surface area contributed by atoms with Crippen molar-refractivity contribution in [3.8, 4) is 0 Å². The van der Waals surface area contributed by atoms with Gasteiger partial charge in [0.1, 0.15) is 5.82 Å². The van der Waals surface area contributed by atoms with E-state index >= 15 is 0 Å². The number of unbranched alkanes of at least 4 members (excludes halogenated alkanes) is 4. The van der Waals surface area contributed by atoms with E-state index in [-0.39, 0.29) is 5.82 Å². The first kappa shape index (κ1) is 11.2. The van der Waals surface area contributed by atoms with Crippen LogP contribution in [0.5, 0.6) is 0 Å². The molecule has 1 aromatic rings. The van der Waals surface area contributed by atoms with Gasteiger partial charge in [0.05, 0.1) is 0 Å². The summed E-state index contributed by atoms with van der Waals surface area (Å²) in [5, 5.41) is 0. The van der Waals surface area contributed by atoms with Gasteiger partial charge in [-0.15, -0.1) is 0 Å². The van der Waals surface area contributed by atoms with E-state index in [1.807, 2.05) is 12.1 Å². The molecule has 1 heteroatoms. The fraction of sp³-hybridized carbons (Fsp3) is 0.538. The van der Waals surface area contributed by atoms with Crippen LogP contribution in [0.2, 0.25) is 0 Å². The molecule has 0 saturated heterocycles. The Bertz CT molecular complexity index is 255. The number of hydrogen-bond donors (Lipinski definition) is 0. The smallest absolute Gasteiger partial charge is 0.126 e. The highest BCUT2D eigenvalue weighted by Gasteiger charge is 1.99. The zero-order valence-corrected chi connectivity index (χ0v) is 8.93. The number of halogens is 1. The van der Waals surface area contributed by atoms with E-state index < -0.39 is 0 Å². The zero-order valence-electron chi connectivity index (χ0n) is 8.93. The van der Waals surface area contributed by atoms with Gasteiger partial charge in [-0.25, -0.2) is 4.39 Å². The summed E-state index contributed by atoms with van der Waals surface area (Å²) < 4.78 is 13.2. The molecule has 0 unspecified atom stereocenters. The van der Waals surface area contributed by atoms with Crippen LogP contribution >= 0.6 is 0 Å². The van der Waals surface area contributed by atoms with Crippen LogP contribution in [0.3, 0.4) is 0 Å². The van der Waals surface area contributed by atoms with Crippen LogP contribution in [0.25, 0.3) is 0 Å². The molecule has 0 aliphatic carbocycles. The van der Waals surface area contributed by atoms with E-state index in [1.165, 1.54) is 25.7 Å². The molecular weight excluding hydrogens is 175 g/mol. The summed E-state index contributed by atoms with van der Waals surface area (Å²) in [5.74, 6) is -0.0528. The molecule has 0 aliphatic heterocycles. The average molecular weight is 194 g/mol. The van der Waals surface area contributed by atoms with Crippen molar-refractivity contribution in [1.82, 2.24) is 0 Å². The van der Waals surface area contributed by atoms with Gasteiger partial charge in [-0.3, -0.25) is 0 Å². The van der Waals surface area contributed by atoms with Crippen LogP contribution in [0, 0.1) is 5.82 Å². The first-order valence-corrected chi connectivity index (χ1v) is 5.58. The highest BCUT2D eigenvalue weighted by Crippen LogP contribution is 2.11. The molecule has 14 heavy (non-hydrogen) atoms. The number of rotatable bonds is 6. The standard InChI is InChI=1S/C13H19F/c1-2-3-4-5-6-9-12-10-7-8-11-13(12)14/h7-8,10-11H,2-6,9H2,1H3. The Morgan fingerprint density at radius 3 is 2.43 bits per heavy atom. The summed E-state index contributed by atoms with van der Waals surface area (Å²) in [5.41, 5.74) is 0.865. The van der Waals surface area contributed by atoms with Crippen molar-refractivity contribution in [3.05, 3.63) is 35.6 Å². The van der Waals surface area contributed by atoms with E-state index in [4.69, 9.17) is 0 Å². The van der Waals surface area contributed by atoms with E-state index in [0.29, 0.717) is 0 Å². The van der Waals surface area contributed by atoms with Gasteiger partial charge in [-0.05, 0) is 24.5 Å². The average Bonchev–Trinajstić information content (AvgIpc) is 2.20. The van der Waals surface area contributed by atoms with Gasteiger partial charge in [0, 0.05) is 0 Å². The first-order chi connectivity index (χ1) is 6.84. The van der Waals surface area contributed by atoms with E-state index in [2.05, 4.69) is 6.92 Å². The third kappa shape index (κ3) is 3.91. The molecule has 0 nitrogen and oxygen atoms in total. The van der Waals surface area contributed by atoms with Gasteiger partial charge in [0.15, 0.2) is 0 Å². The van der Waals surface area contributed by atoms with Gasteiger partial charge in [-0.2, -0.15) is 0 Å². The lowest BCUT2D eigenvalue weighted by Crippen LogP contribution is -1.90. The van der Waals surface area contributed by atoms with Gasteiger partial charge in [-0.1, -0.05) is 50.8 Å². The molecule has 0 bridgehead atoms. The Labute approximate surface area is 86.2 Å². The number of benzene rings is 1. The molecule has 0 spiro atoms. The Hall–Kier alpha value is -0.850. The first-order valence-electron chi connectivity index (χ1n) is 5.58. The lowest BCUT2D eigenvalue weighted by atomic mass is 10.1. The second-order valence-corrected chi connectivity index (χ2v) is 3.76. The minimum atomic E-state index is -0.0528. The van der Waals surface area contributed by atoms with Crippen LogP contribution in [-0.2, 0) is 6.42 Å². The van der Waals surface area contributed by atoms with Crippen molar-refractivity contribution in [2.75, 3.05) is 0 Å². The molecule has 0 N–H and O–H groups in total. The summed E-state index contributed by atoms with van der Waals surface area (Å²) in [6.45, 7) is 2.21. The van der Waals surface area contributed by atoms with Crippen LogP contribution in [0.1, 0.15) is 44.6 Å². The maximum Gasteiger partial charge on any atom is 0.126 e. The molecule has 0 amide bonds. The molecule has 0 saturated carbocycles. The molecule has 0 atom stereocenters. The highest BCUT2D eigenvalue weighted by molar-refractivity contribution is 5.17. The minimum absolute atomic E-state index is 0.0528. The Morgan fingerprint density at radius 2 is 1.71 bits per heavy atom. The molecule has 0 heterocycles. The Kier molecular flexibility index (Phi) is 5.28. The van der Waals surface area contributed by atoms with E-state index in [1.54, 1.807) is 12.1 Å². The maximum atomic E-state index is 13.2. The Morgan fingerprint density at radius 1 is 1.00 bits per heavy atom.